The SMILES string of the molecule is O=C(CCC(F)(F)F)N1CCCC(CCc2ccc(F)cc2F)C1. The largest absolute Gasteiger partial charge is 0.389 e. The first kappa shape index (κ1) is 18.7. The number of alkyl halides is 3. The summed E-state index contributed by atoms with van der Waals surface area (Å²) in [6.45, 7) is 0.873. The number of nitrogens with zero attached hydrogens (tertiary/aromatic N) is 1. The van der Waals surface area contributed by atoms with Crippen molar-refractivity contribution < 1.29 is 26.7 Å². The van der Waals surface area contributed by atoms with Crippen LogP contribution in [0.2, 0.25) is 0 Å². The van der Waals surface area contributed by atoms with E-state index in [1.54, 1.807) is 0 Å². The maximum Gasteiger partial charge on any atom is 0.389 e. The van der Waals surface area contributed by atoms with Crippen LogP contribution >= 0.6 is 0 Å². The normalized spacial score (nSPS) is 18.7. The molecule has 24 heavy (non-hydrogen) atoms. The zero-order valence-electron chi connectivity index (χ0n) is 13.2. The second-order valence-corrected chi connectivity index (χ2v) is 6.24. The summed E-state index contributed by atoms with van der Waals surface area (Å²) in [5.41, 5.74) is 0.414. The minimum absolute atomic E-state index is 0.123. The van der Waals surface area contributed by atoms with E-state index in [2.05, 4.69) is 0 Å². The Labute approximate surface area is 137 Å². The van der Waals surface area contributed by atoms with Crippen molar-refractivity contribution in [2.75, 3.05) is 13.1 Å². The van der Waals surface area contributed by atoms with Gasteiger partial charge in [0.2, 0.25) is 5.91 Å². The number of carbonyl (C=O) groups excluding carboxylic acids is 1. The molecule has 1 fully saturated rings. The van der Waals surface area contributed by atoms with Crippen molar-refractivity contribution in [3.05, 3.63) is 35.4 Å². The Morgan fingerprint density at radius 3 is 2.67 bits per heavy atom. The maximum absolute atomic E-state index is 13.6. The molecule has 0 bridgehead atoms. The van der Waals surface area contributed by atoms with Gasteiger partial charge in [0.05, 0.1) is 6.42 Å². The highest BCUT2D eigenvalue weighted by molar-refractivity contribution is 5.76. The first-order chi connectivity index (χ1) is 11.2. The lowest BCUT2D eigenvalue weighted by Gasteiger charge is -2.33. The number of benzene rings is 1. The van der Waals surface area contributed by atoms with Gasteiger partial charge in [0.1, 0.15) is 11.6 Å². The van der Waals surface area contributed by atoms with E-state index in [9.17, 15) is 26.7 Å². The quantitative estimate of drug-likeness (QED) is 0.718. The lowest BCUT2D eigenvalue weighted by molar-refractivity contribution is -0.150. The van der Waals surface area contributed by atoms with Crippen LogP contribution in [0.1, 0.15) is 37.7 Å². The van der Waals surface area contributed by atoms with Crippen LogP contribution in [-0.4, -0.2) is 30.1 Å². The number of halogens is 5. The summed E-state index contributed by atoms with van der Waals surface area (Å²) < 4.78 is 63.1. The van der Waals surface area contributed by atoms with Gasteiger partial charge in [0, 0.05) is 25.6 Å². The van der Waals surface area contributed by atoms with Gasteiger partial charge in [-0.15, -0.1) is 0 Å². The van der Waals surface area contributed by atoms with Gasteiger partial charge in [0.15, 0.2) is 0 Å². The monoisotopic (exact) mass is 349 g/mol. The Bertz CT molecular complexity index is 573. The van der Waals surface area contributed by atoms with E-state index < -0.39 is 36.6 Å². The van der Waals surface area contributed by atoms with Crippen LogP contribution in [0.4, 0.5) is 22.0 Å². The van der Waals surface area contributed by atoms with Crippen LogP contribution in [0.15, 0.2) is 18.2 Å². The number of likely N-dealkylation sites (tertiary alicyclic amines) is 1. The van der Waals surface area contributed by atoms with Gasteiger partial charge in [-0.05, 0) is 43.2 Å². The van der Waals surface area contributed by atoms with E-state index in [4.69, 9.17) is 0 Å². The molecule has 0 N–H and O–H groups in total. The highest BCUT2D eigenvalue weighted by atomic mass is 19.4. The van der Waals surface area contributed by atoms with E-state index in [1.807, 2.05) is 0 Å². The van der Waals surface area contributed by atoms with E-state index in [0.29, 0.717) is 31.5 Å². The van der Waals surface area contributed by atoms with Gasteiger partial charge in [-0.3, -0.25) is 4.79 Å². The first-order valence-corrected chi connectivity index (χ1v) is 8.03. The minimum atomic E-state index is -4.33. The van der Waals surface area contributed by atoms with Gasteiger partial charge in [-0.1, -0.05) is 6.07 Å². The summed E-state index contributed by atoms with van der Waals surface area (Å²) in [6, 6.07) is 3.44. The molecule has 1 aromatic rings. The van der Waals surface area contributed by atoms with Crippen molar-refractivity contribution in [3.8, 4) is 0 Å². The Kier molecular flexibility index (Phi) is 6.18. The summed E-state index contributed by atoms with van der Waals surface area (Å²) >= 11 is 0. The van der Waals surface area contributed by atoms with Crippen LogP contribution < -0.4 is 0 Å². The number of carbonyl (C=O) groups is 1. The molecule has 1 aliphatic heterocycles. The Morgan fingerprint density at radius 1 is 1.25 bits per heavy atom. The van der Waals surface area contributed by atoms with Crippen LogP contribution in [-0.2, 0) is 11.2 Å². The molecule has 1 saturated heterocycles. The molecule has 2 rings (SSSR count). The lowest BCUT2D eigenvalue weighted by Crippen LogP contribution is -2.40. The number of aryl methyl sites for hydroxylation is 1. The Morgan fingerprint density at radius 2 is 2.00 bits per heavy atom. The predicted molar refractivity (Wildman–Crippen MR) is 79.3 cm³/mol. The Balaban J connectivity index is 1.83. The second-order valence-electron chi connectivity index (χ2n) is 6.24. The average Bonchev–Trinajstić information content (AvgIpc) is 2.51. The third-order valence-electron chi connectivity index (χ3n) is 4.33. The van der Waals surface area contributed by atoms with Gasteiger partial charge < -0.3 is 4.90 Å². The summed E-state index contributed by atoms with van der Waals surface area (Å²) in [5.74, 6) is -1.58. The highest BCUT2D eigenvalue weighted by Gasteiger charge is 2.30. The second kappa shape index (κ2) is 7.94. The summed E-state index contributed by atoms with van der Waals surface area (Å²) in [5, 5.41) is 0. The molecule has 0 radical (unpaired) electrons. The Hall–Kier alpha value is -1.66. The smallest absolute Gasteiger partial charge is 0.342 e. The summed E-state index contributed by atoms with van der Waals surface area (Å²) in [7, 11) is 0. The fourth-order valence-electron chi connectivity index (χ4n) is 3.02. The molecular weight excluding hydrogens is 329 g/mol. The number of hydrogen-bond acceptors (Lipinski definition) is 1. The first-order valence-electron chi connectivity index (χ1n) is 8.03. The average molecular weight is 349 g/mol. The fourth-order valence-corrected chi connectivity index (χ4v) is 3.02. The highest BCUT2D eigenvalue weighted by Crippen LogP contribution is 2.25. The molecule has 1 heterocycles. The number of piperidine rings is 1. The molecule has 134 valence electrons. The van der Waals surface area contributed by atoms with Crippen molar-refractivity contribution in [1.29, 1.82) is 0 Å². The third-order valence-corrected chi connectivity index (χ3v) is 4.33. The van der Waals surface area contributed by atoms with E-state index in [0.717, 1.165) is 18.9 Å². The number of rotatable bonds is 5. The lowest BCUT2D eigenvalue weighted by atomic mass is 9.91. The molecule has 0 saturated carbocycles. The molecule has 0 spiro atoms. The van der Waals surface area contributed by atoms with Crippen molar-refractivity contribution in [2.45, 2.75) is 44.7 Å². The van der Waals surface area contributed by atoms with Crippen LogP contribution in [0.5, 0.6) is 0 Å². The number of amides is 1. The molecule has 1 unspecified atom stereocenters. The zero-order valence-corrected chi connectivity index (χ0v) is 13.2. The van der Waals surface area contributed by atoms with Crippen molar-refractivity contribution in [2.24, 2.45) is 5.92 Å². The topological polar surface area (TPSA) is 20.3 Å². The van der Waals surface area contributed by atoms with Crippen molar-refractivity contribution in [1.82, 2.24) is 4.90 Å². The summed E-state index contributed by atoms with van der Waals surface area (Å²) in [4.78, 5) is 13.4. The predicted octanol–water partition coefficient (Wildman–Crippen LogP) is 4.48. The molecule has 1 aromatic carbocycles. The van der Waals surface area contributed by atoms with Crippen LogP contribution in [0, 0.1) is 17.6 Å². The third kappa shape index (κ3) is 5.76. The van der Waals surface area contributed by atoms with Gasteiger partial charge in [0.25, 0.3) is 0 Å². The molecule has 7 heteroatoms. The fraction of sp³-hybridized carbons (Fsp3) is 0.588. The van der Waals surface area contributed by atoms with Gasteiger partial charge in [-0.2, -0.15) is 13.2 Å². The van der Waals surface area contributed by atoms with Crippen LogP contribution in [0.25, 0.3) is 0 Å². The van der Waals surface area contributed by atoms with Gasteiger partial charge in [-0.25, -0.2) is 8.78 Å². The molecule has 0 aromatic heterocycles. The van der Waals surface area contributed by atoms with Crippen molar-refractivity contribution >= 4 is 5.91 Å². The van der Waals surface area contributed by atoms with Crippen LogP contribution in [0.3, 0.4) is 0 Å². The molecular formula is C17H20F5NO. The number of hydrogen-bond donors (Lipinski definition) is 0. The van der Waals surface area contributed by atoms with Crippen molar-refractivity contribution in [3.63, 3.8) is 0 Å². The molecule has 2 nitrogen and oxygen atoms in total. The minimum Gasteiger partial charge on any atom is -0.342 e. The standard InChI is InChI=1S/C17H20F5NO/c18-14-6-5-13(15(19)10-14)4-3-12-2-1-9-23(11-12)16(24)7-8-17(20,21)22/h5-6,10,12H,1-4,7-9,11H2. The van der Waals surface area contributed by atoms with E-state index in [1.165, 1.54) is 17.0 Å². The summed E-state index contributed by atoms with van der Waals surface area (Å²) in [6.07, 6.45) is -3.34. The molecule has 1 aliphatic rings. The van der Waals surface area contributed by atoms with E-state index >= 15 is 0 Å². The van der Waals surface area contributed by atoms with Gasteiger partial charge >= 0.3 is 6.18 Å². The van der Waals surface area contributed by atoms with E-state index in [-0.39, 0.29) is 5.92 Å². The maximum atomic E-state index is 13.6. The molecule has 0 aliphatic carbocycles. The molecule has 1 atom stereocenters. The zero-order chi connectivity index (χ0) is 17.7. The molecule has 1 amide bonds.